The Morgan fingerprint density at radius 2 is 1.83 bits per heavy atom. The summed E-state index contributed by atoms with van der Waals surface area (Å²) in [5.74, 6) is -0.657. The molecule has 0 fully saturated rings. The number of carbonyl (C=O) groups is 1. The van der Waals surface area contributed by atoms with Crippen LogP contribution in [0.5, 0.6) is 0 Å². The van der Waals surface area contributed by atoms with E-state index in [0.29, 0.717) is 31.5 Å². The fourth-order valence-electron chi connectivity index (χ4n) is 3.39. The lowest BCUT2D eigenvalue weighted by Crippen LogP contribution is -2.44. The quantitative estimate of drug-likeness (QED) is 0.668. The Bertz CT molecular complexity index is 869. The molecular weight excluding hydrogens is 390 g/mol. The van der Waals surface area contributed by atoms with E-state index >= 15 is 0 Å². The molecule has 158 valence electrons. The van der Waals surface area contributed by atoms with Gasteiger partial charge in [-0.15, -0.1) is 0 Å². The summed E-state index contributed by atoms with van der Waals surface area (Å²) >= 11 is 0. The average molecular weight is 413 g/mol. The highest BCUT2D eigenvalue weighted by Gasteiger charge is 2.36. The summed E-state index contributed by atoms with van der Waals surface area (Å²) in [4.78, 5) is 17.8. The molecular formula is C20H23F4N3O2. The summed E-state index contributed by atoms with van der Waals surface area (Å²) in [6.45, 7) is 5.96. The first-order valence-corrected chi connectivity index (χ1v) is 9.32. The number of amides is 1. The van der Waals surface area contributed by atoms with Crippen LogP contribution >= 0.6 is 0 Å². The fourth-order valence-corrected chi connectivity index (χ4v) is 3.39. The molecule has 2 aromatic rings. The number of nitrogens with zero attached hydrogens (tertiary/aromatic N) is 3. The topological polar surface area (TPSA) is 47.4 Å². The van der Waals surface area contributed by atoms with Crippen molar-refractivity contribution >= 4 is 6.09 Å². The number of carbonyl (C=O) groups excluding carboxylic acids is 1. The van der Waals surface area contributed by atoms with Crippen molar-refractivity contribution in [3.8, 4) is 0 Å². The minimum absolute atomic E-state index is 0.286. The Labute approximate surface area is 166 Å². The predicted molar refractivity (Wildman–Crippen MR) is 97.6 cm³/mol. The monoisotopic (exact) mass is 413 g/mol. The molecule has 0 aliphatic carbocycles. The van der Waals surface area contributed by atoms with Crippen LogP contribution in [0.2, 0.25) is 0 Å². The first-order valence-electron chi connectivity index (χ1n) is 9.32. The highest BCUT2D eigenvalue weighted by molar-refractivity contribution is 5.69. The molecule has 2 heterocycles. The molecule has 1 atom stereocenters. The molecule has 0 saturated heterocycles. The Hall–Kier alpha value is -2.58. The number of alkyl halides is 3. The molecule has 1 aromatic heterocycles. The number of aryl methyl sites for hydroxylation is 1. The predicted octanol–water partition coefficient (Wildman–Crippen LogP) is 4.97. The van der Waals surface area contributed by atoms with E-state index in [4.69, 9.17) is 4.74 Å². The molecule has 0 bridgehead atoms. The molecule has 1 unspecified atom stereocenters. The van der Waals surface area contributed by atoms with Gasteiger partial charge in [-0.3, -0.25) is 4.90 Å². The van der Waals surface area contributed by atoms with E-state index in [1.807, 2.05) is 0 Å². The van der Waals surface area contributed by atoms with Gasteiger partial charge in [-0.25, -0.2) is 9.78 Å². The van der Waals surface area contributed by atoms with Gasteiger partial charge in [-0.1, -0.05) is 12.1 Å². The van der Waals surface area contributed by atoms with E-state index in [2.05, 4.69) is 4.98 Å². The van der Waals surface area contributed by atoms with Gasteiger partial charge in [0.15, 0.2) is 0 Å². The molecule has 0 spiro atoms. The van der Waals surface area contributed by atoms with Gasteiger partial charge in [0.2, 0.25) is 5.95 Å². The van der Waals surface area contributed by atoms with Crippen molar-refractivity contribution in [2.24, 2.45) is 0 Å². The summed E-state index contributed by atoms with van der Waals surface area (Å²) in [6.07, 6.45) is -2.87. The van der Waals surface area contributed by atoms with E-state index in [9.17, 15) is 22.4 Å². The summed E-state index contributed by atoms with van der Waals surface area (Å²) < 4.78 is 59.7. The smallest absolute Gasteiger partial charge is 0.416 e. The summed E-state index contributed by atoms with van der Waals surface area (Å²) in [5, 5.41) is 0. The molecule has 9 heteroatoms. The van der Waals surface area contributed by atoms with Crippen LogP contribution in [0, 0.1) is 5.95 Å². The van der Waals surface area contributed by atoms with Crippen LogP contribution < -0.4 is 0 Å². The van der Waals surface area contributed by atoms with Crippen molar-refractivity contribution in [2.75, 3.05) is 6.54 Å². The maximum atomic E-state index is 14.3. The highest BCUT2D eigenvalue weighted by Crippen LogP contribution is 2.33. The van der Waals surface area contributed by atoms with Gasteiger partial charge in [0.25, 0.3) is 0 Å². The van der Waals surface area contributed by atoms with Gasteiger partial charge in [0.1, 0.15) is 5.60 Å². The van der Waals surface area contributed by atoms with Gasteiger partial charge in [0, 0.05) is 13.1 Å². The summed E-state index contributed by atoms with van der Waals surface area (Å²) in [7, 11) is 0. The second-order valence-electron chi connectivity index (χ2n) is 8.04. The Kier molecular flexibility index (Phi) is 5.60. The van der Waals surface area contributed by atoms with Crippen LogP contribution in [-0.4, -0.2) is 32.7 Å². The minimum atomic E-state index is -4.40. The summed E-state index contributed by atoms with van der Waals surface area (Å²) in [6, 6.07) is 4.22. The third-order valence-corrected chi connectivity index (χ3v) is 4.72. The number of fused-ring (bicyclic) bond motifs is 1. The molecule has 5 nitrogen and oxygen atoms in total. The Morgan fingerprint density at radius 3 is 2.41 bits per heavy atom. The van der Waals surface area contributed by atoms with Gasteiger partial charge in [-0.05, 0) is 51.3 Å². The van der Waals surface area contributed by atoms with E-state index in [1.165, 1.54) is 23.4 Å². The van der Waals surface area contributed by atoms with Gasteiger partial charge >= 0.3 is 12.3 Å². The largest absolute Gasteiger partial charge is 0.444 e. The van der Waals surface area contributed by atoms with E-state index in [0.717, 1.165) is 12.1 Å². The number of hydrogen-bond acceptors (Lipinski definition) is 3. The van der Waals surface area contributed by atoms with Gasteiger partial charge < -0.3 is 9.30 Å². The molecule has 0 radical (unpaired) electrons. The number of aromatic nitrogens is 2. The molecule has 0 saturated carbocycles. The standard InChI is InChI=1S/C20H23F4N3O2/c1-19(2,3)29-18(28)27-11-10-26-12-25-17(21)16(26)15(27)9-6-13-4-7-14(8-5-13)20(22,23)24/h4-5,7-8,12,15H,6,9-11H2,1-3H3. The average Bonchev–Trinajstić information content (AvgIpc) is 2.99. The van der Waals surface area contributed by atoms with Crippen LogP contribution in [0.1, 0.15) is 50.1 Å². The summed E-state index contributed by atoms with van der Waals surface area (Å²) in [5.41, 5.74) is -0.475. The first-order chi connectivity index (χ1) is 13.5. The van der Waals surface area contributed by atoms with Crippen molar-refractivity contribution in [3.63, 3.8) is 0 Å². The van der Waals surface area contributed by atoms with Crippen molar-refractivity contribution < 1.29 is 27.1 Å². The molecule has 1 aliphatic rings. The maximum absolute atomic E-state index is 14.3. The minimum Gasteiger partial charge on any atom is -0.444 e. The van der Waals surface area contributed by atoms with Crippen molar-refractivity contribution in [1.82, 2.24) is 14.5 Å². The molecule has 1 aliphatic heterocycles. The van der Waals surface area contributed by atoms with Gasteiger partial charge in [-0.2, -0.15) is 17.6 Å². The zero-order chi connectivity index (χ0) is 21.4. The lowest BCUT2D eigenvalue weighted by atomic mass is 9.99. The van der Waals surface area contributed by atoms with E-state index in [1.54, 1.807) is 25.3 Å². The lowest BCUT2D eigenvalue weighted by Gasteiger charge is -2.37. The van der Waals surface area contributed by atoms with E-state index in [-0.39, 0.29) is 5.69 Å². The van der Waals surface area contributed by atoms with Crippen LogP contribution in [0.25, 0.3) is 0 Å². The molecule has 0 N–H and O–H groups in total. The number of benzene rings is 1. The highest BCUT2D eigenvalue weighted by atomic mass is 19.4. The Balaban J connectivity index is 1.80. The number of rotatable bonds is 3. The first kappa shape index (κ1) is 21.1. The number of hydrogen-bond donors (Lipinski definition) is 0. The van der Waals surface area contributed by atoms with Gasteiger partial charge in [0.05, 0.1) is 23.6 Å². The molecule has 1 amide bonds. The zero-order valence-electron chi connectivity index (χ0n) is 16.5. The lowest BCUT2D eigenvalue weighted by molar-refractivity contribution is -0.137. The molecule has 29 heavy (non-hydrogen) atoms. The zero-order valence-corrected chi connectivity index (χ0v) is 16.5. The number of ether oxygens (including phenoxy) is 1. The number of halogens is 4. The van der Waals surface area contributed by atoms with Crippen molar-refractivity contribution in [3.05, 3.63) is 53.4 Å². The fraction of sp³-hybridized carbons (Fsp3) is 0.500. The molecule has 1 aromatic carbocycles. The van der Waals surface area contributed by atoms with Crippen molar-refractivity contribution in [2.45, 2.75) is 58.0 Å². The Morgan fingerprint density at radius 1 is 1.17 bits per heavy atom. The SMILES string of the molecule is CC(C)(C)OC(=O)N1CCn2cnc(F)c2C1CCc1ccc(C(F)(F)F)cc1. The maximum Gasteiger partial charge on any atom is 0.416 e. The van der Waals surface area contributed by atoms with Crippen LogP contribution in [0.3, 0.4) is 0 Å². The second-order valence-corrected chi connectivity index (χ2v) is 8.04. The number of imidazole rings is 1. The van der Waals surface area contributed by atoms with Crippen LogP contribution in [0.15, 0.2) is 30.6 Å². The van der Waals surface area contributed by atoms with Crippen LogP contribution in [-0.2, 0) is 23.9 Å². The normalized spacial score (nSPS) is 17.2. The van der Waals surface area contributed by atoms with Crippen molar-refractivity contribution in [1.29, 1.82) is 0 Å². The van der Waals surface area contributed by atoms with E-state index < -0.39 is 35.4 Å². The second kappa shape index (κ2) is 7.68. The third-order valence-electron chi connectivity index (χ3n) is 4.72. The van der Waals surface area contributed by atoms with Crippen LogP contribution in [0.4, 0.5) is 22.4 Å². The molecule has 3 rings (SSSR count). The third kappa shape index (κ3) is 4.89.